The fourth-order valence-electron chi connectivity index (χ4n) is 5.14. The molecule has 12 nitrogen and oxygen atoms in total. The lowest BCUT2D eigenvalue weighted by atomic mass is 10.0. The number of carbonyl (C=O) groups is 4. The third-order valence-corrected chi connectivity index (χ3v) is 7.94. The van der Waals surface area contributed by atoms with Crippen LogP contribution in [0.15, 0.2) is 54.7 Å². The van der Waals surface area contributed by atoms with Gasteiger partial charge in [-0.2, -0.15) is 18.2 Å². The molecule has 0 aliphatic carbocycles. The zero-order valence-electron chi connectivity index (χ0n) is 26.1. The third kappa shape index (κ3) is 8.70. The van der Waals surface area contributed by atoms with Crippen molar-refractivity contribution in [1.82, 2.24) is 14.9 Å². The van der Waals surface area contributed by atoms with Crippen molar-refractivity contribution >= 4 is 53.3 Å². The Morgan fingerprint density at radius 2 is 1.69 bits per heavy atom. The molecule has 0 radical (unpaired) electrons. The van der Waals surface area contributed by atoms with Gasteiger partial charge < -0.3 is 29.8 Å². The monoisotopic (exact) mass is 690 g/mol. The SMILES string of the molecule is CCN(CC)c1ncc(N(C(=O)C(F)(F)F)C(C=O)c2ccc(Cl)cc2)c(N[C@@H](Cc2ccc(OC(=O)N3CCCC3)cc2)C(=O)O)n1. The van der Waals surface area contributed by atoms with Crippen LogP contribution in [-0.4, -0.2) is 82.6 Å². The Balaban J connectivity index is 1.72. The molecule has 256 valence electrons. The number of halogens is 4. The molecule has 2 heterocycles. The van der Waals surface area contributed by atoms with Crippen LogP contribution in [0.3, 0.4) is 0 Å². The van der Waals surface area contributed by atoms with E-state index in [1.165, 1.54) is 36.4 Å². The molecular weight excluding hydrogens is 657 g/mol. The van der Waals surface area contributed by atoms with Crippen LogP contribution in [-0.2, 0) is 20.8 Å². The second-order valence-electron chi connectivity index (χ2n) is 10.8. The third-order valence-electron chi connectivity index (χ3n) is 7.68. The van der Waals surface area contributed by atoms with E-state index in [0.717, 1.165) is 19.0 Å². The molecule has 16 heteroatoms. The zero-order chi connectivity index (χ0) is 35.0. The lowest BCUT2D eigenvalue weighted by molar-refractivity contribution is -0.171. The maximum atomic E-state index is 14.1. The van der Waals surface area contributed by atoms with E-state index in [9.17, 15) is 37.5 Å². The Morgan fingerprint density at radius 3 is 2.23 bits per heavy atom. The molecule has 2 N–H and O–H groups in total. The van der Waals surface area contributed by atoms with Gasteiger partial charge in [-0.05, 0) is 62.1 Å². The Hall–Kier alpha value is -4.92. The lowest BCUT2D eigenvalue weighted by Gasteiger charge is -2.31. The van der Waals surface area contributed by atoms with E-state index >= 15 is 0 Å². The van der Waals surface area contributed by atoms with E-state index in [4.69, 9.17) is 16.3 Å². The van der Waals surface area contributed by atoms with Gasteiger partial charge in [0.15, 0.2) is 5.82 Å². The number of carboxylic acid groups (broad SMARTS) is 1. The number of benzene rings is 2. The minimum Gasteiger partial charge on any atom is -0.480 e. The second-order valence-corrected chi connectivity index (χ2v) is 11.3. The molecule has 4 rings (SSSR count). The Morgan fingerprint density at radius 1 is 1.06 bits per heavy atom. The van der Waals surface area contributed by atoms with Crippen molar-refractivity contribution in [1.29, 1.82) is 0 Å². The summed E-state index contributed by atoms with van der Waals surface area (Å²) in [4.78, 5) is 62.1. The van der Waals surface area contributed by atoms with E-state index < -0.39 is 47.7 Å². The molecule has 48 heavy (non-hydrogen) atoms. The van der Waals surface area contributed by atoms with Crippen molar-refractivity contribution < 1.29 is 42.2 Å². The van der Waals surface area contributed by atoms with E-state index in [-0.39, 0.29) is 39.9 Å². The number of likely N-dealkylation sites (tertiary alicyclic amines) is 1. The number of aldehydes is 1. The van der Waals surface area contributed by atoms with Crippen molar-refractivity contribution in [2.75, 3.05) is 41.3 Å². The average molecular weight is 691 g/mol. The molecule has 0 spiro atoms. The Bertz CT molecular complexity index is 1600. The summed E-state index contributed by atoms with van der Waals surface area (Å²) in [6, 6.07) is 8.11. The topological polar surface area (TPSA) is 145 Å². The molecule has 1 fully saturated rings. The van der Waals surface area contributed by atoms with Crippen LogP contribution in [0.1, 0.15) is 43.9 Å². The number of hydrogen-bond acceptors (Lipinski definition) is 9. The van der Waals surface area contributed by atoms with Gasteiger partial charge in [0.25, 0.3) is 0 Å². The number of nitrogens with one attached hydrogen (secondary N) is 1. The van der Waals surface area contributed by atoms with Crippen LogP contribution in [0.2, 0.25) is 5.02 Å². The fraction of sp³-hybridized carbons (Fsp3) is 0.375. The average Bonchev–Trinajstić information content (AvgIpc) is 3.61. The molecule has 2 atom stereocenters. The normalized spacial score (nSPS) is 14.2. The van der Waals surface area contributed by atoms with Gasteiger partial charge in [0.05, 0.1) is 6.20 Å². The van der Waals surface area contributed by atoms with Crippen LogP contribution in [0.25, 0.3) is 0 Å². The number of aromatic nitrogens is 2. The first-order chi connectivity index (χ1) is 22.9. The summed E-state index contributed by atoms with van der Waals surface area (Å²) in [5.41, 5.74) is -0.0904. The maximum absolute atomic E-state index is 14.1. The molecule has 3 aromatic rings. The number of ether oxygens (including phenoxy) is 1. The molecule has 0 bridgehead atoms. The van der Waals surface area contributed by atoms with Crippen molar-refractivity contribution in [2.24, 2.45) is 0 Å². The Labute approximate surface area is 279 Å². The smallest absolute Gasteiger partial charge is 0.471 e. The second kappa shape index (κ2) is 15.8. The molecule has 2 amide bonds. The van der Waals surface area contributed by atoms with Crippen molar-refractivity contribution in [3.63, 3.8) is 0 Å². The van der Waals surface area contributed by atoms with Gasteiger partial charge in [-0.15, -0.1) is 0 Å². The highest BCUT2D eigenvalue weighted by molar-refractivity contribution is 6.30. The summed E-state index contributed by atoms with van der Waals surface area (Å²) in [5, 5.41) is 13.1. The van der Waals surface area contributed by atoms with Crippen molar-refractivity contribution in [3.8, 4) is 5.75 Å². The largest absolute Gasteiger partial charge is 0.480 e. The summed E-state index contributed by atoms with van der Waals surface area (Å²) >= 11 is 5.94. The van der Waals surface area contributed by atoms with Crippen molar-refractivity contribution in [3.05, 3.63) is 70.9 Å². The fourth-order valence-corrected chi connectivity index (χ4v) is 5.26. The highest BCUT2D eigenvalue weighted by Gasteiger charge is 2.47. The quantitative estimate of drug-likeness (QED) is 0.220. The molecule has 1 aliphatic heterocycles. The number of aliphatic carboxylic acids is 1. The summed E-state index contributed by atoms with van der Waals surface area (Å²) in [7, 11) is 0. The zero-order valence-corrected chi connectivity index (χ0v) is 26.9. The predicted molar refractivity (Wildman–Crippen MR) is 171 cm³/mol. The first-order valence-corrected chi connectivity index (χ1v) is 15.5. The maximum Gasteiger partial charge on any atom is 0.471 e. The molecule has 2 aromatic carbocycles. The van der Waals surface area contributed by atoms with Gasteiger partial charge in [0, 0.05) is 37.6 Å². The van der Waals surface area contributed by atoms with Gasteiger partial charge in [0.2, 0.25) is 5.95 Å². The number of amides is 2. The summed E-state index contributed by atoms with van der Waals surface area (Å²) in [5.74, 6) is -3.91. The van der Waals surface area contributed by atoms with E-state index in [2.05, 4.69) is 15.3 Å². The van der Waals surface area contributed by atoms with Gasteiger partial charge in [-0.25, -0.2) is 14.6 Å². The molecule has 1 saturated heterocycles. The standard InChI is InChI=1S/C32H34ClF3N6O6/c1-3-40(4-2)30-37-18-25(42(29(46)32(34,35)36)26(19-43)21-9-11-22(33)12-10-21)27(39-30)38-24(28(44)45)17-20-7-13-23(14-8-20)48-31(47)41-15-5-6-16-41/h7-14,18-19,24,26H,3-6,15-17H2,1-2H3,(H,44,45)(H,37,38,39)/t24-,26?/m0/s1. The summed E-state index contributed by atoms with van der Waals surface area (Å²) < 4.78 is 47.6. The first-order valence-electron chi connectivity index (χ1n) is 15.1. The van der Waals surface area contributed by atoms with Crippen LogP contribution < -0.4 is 19.9 Å². The number of carbonyl (C=O) groups excluding carboxylic acids is 3. The van der Waals surface area contributed by atoms with Gasteiger partial charge in [0.1, 0.15) is 29.8 Å². The summed E-state index contributed by atoms with van der Waals surface area (Å²) in [6.45, 7) is 5.59. The first kappa shape index (κ1) is 35.9. The number of anilines is 3. The number of nitrogens with zero attached hydrogens (tertiary/aromatic N) is 5. The molecule has 1 aliphatic rings. The van der Waals surface area contributed by atoms with Gasteiger partial charge >= 0.3 is 24.1 Å². The molecule has 1 aromatic heterocycles. The van der Waals surface area contributed by atoms with Crippen LogP contribution in [0.4, 0.5) is 35.4 Å². The minimum atomic E-state index is -5.44. The van der Waals surface area contributed by atoms with Crippen LogP contribution in [0, 0.1) is 0 Å². The molecular formula is C32H34ClF3N6O6. The van der Waals surface area contributed by atoms with Crippen LogP contribution >= 0.6 is 11.6 Å². The minimum absolute atomic E-state index is 0.00563. The Kier molecular flexibility index (Phi) is 11.8. The highest BCUT2D eigenvalue weighted by Crippen LogP contribution is 2.36. The number of rotatable bonds is 13. The van der Waals surface area contributed by atoms with E-state index in [1.54, 1.807) is 35.8 Å². The number of alkyl halides is 3. The number of carboxylic acids is 1. The molecule has 1 unspecified atom stereocenters. The number of hydrogen-bond donors (Lipinski definition) is 2. The summed E-state index contributed by atoms with van der Waals surface area (Å²) in [6.07, 6.45) is -3.24. The van der Waals surface area contributed by atoms with Crippen LogP contribution in [0.5, 0.6) is 5.75 Å². The van der Waals surface area contributed by atoms with Gasteiger partial charge in [-0.1, -0.05) is 35.9 Å². The highest BCUT2D eigenvalue weighted by atomic mass is 35.5. The van der Waals surface area contributed by atoms with Gasteiger partial charge in [-0.3, -0.25) is 9.69 Å². The predicted octanol–water partition coefficient (Wildman–Crippen LogP) is 5.51. The van der Waals surface area contributed by atoms with Crippen molar-refractivity contribution in [2.45, 2.75) is 51.4 Å². The van der Waals surface area contributed by atoms with E-state index in [0.29, 0.717) is 31.7 Å². The lowest BCUT2D eigenvalue weighted by Crippen LogP contribution is -2.45. The van der Waals surface area contributed by atoms with E-state index in [1.807, 2.05) is 0 Å². The molecule has 0 saturated carbocycles.